The number of alkyl halides is 2. The summed E-state index contributed by atoms with van der Waals surface area (Å²) in [7, 11) is 0. The molecule has 0 bridgehead atoms. The van der Waals surface area contributed by atoms with E-state index < -0.39 is 42.1 Å². The van der Waals surface area contributed by atoms with Crippen molar-refractivity contribution in [3.63, 3.8) is 0 Å². The first kappa shape index (κ1) is 16.3. The zero-order valence-corrected chi connectivity index (χ0v) is 11.8. The Morgan fingerprint density at radius 2 is 2.00 bits per heavy atom. The second-order valence-electron chi connectivity index (χ2n) is 5.65. The first-order valence-electron chi connectivity index (χ1n) is 6.86. The molecule has 1 fully saturated rings. The second-order valence-corrected chi connectivity index (χ2v) is 5.65. The Hall–Kier alpha value is -2.07. The summed E-state index contributed by atoms with van der Waals surface area (Å²) in [4.78, 5) is 11.8. The van der Waals surface area contributed by atoms with Gasteiger partial charge in [0.05, 0.1) is 12.1 Å². The van der Waals surface area contributed by atoms with Crippen LogP contribution in [0.1, 0.15) is 24.8 Å². The predicted molar refractivity (Wildman–Crippen MR) is 73.4 cm³/mol. The minimum atomic E-state index is -3.20. The number of hydrogen-bond acceptors (Lipinski definition) is 3. The molecule has 1 saturated carbocycles. The van der Waals surface area contributed by atoms with Gasteiger partial charge in [-0.25, -0.2) is 13.2 Å². The largest absolute Gasteiger partial charge is 0.336 e. The highest BCUT2D eigenvalue weighted by Gasteiger charge is 2.46. The highest BCUT2D eigenvalue weighted by Crippen LogP contribution is 2.34. The van der Waals surface area contributed by atoms with Gasteiger partial charge in [-0.1, -0.05) is 12.1 Å². The summed E-state index contributed by atoms with van der Waals surface area (Å²) in [5, 5.41) is 11.3. The number of nitrogens with one attached hydrogen (secondary N) is 1. The van der Waals surface area contributed by atoms with Gasteiger partial charge in [-0.2, -0.15) is 5.26 Å². The molecule has 7 heteroatoms. The van der Waals surface area contributed by atoms with E-state index in [-0.39, 0.29) is 5.56 Å². The van der Waals surface area contributed by atoms with Gasteiger partial charge in [0.25, 0.3) is 5.92 Å². The van der Waals surface area contributed by atoms with Crippen LogP contribution in [0.2, 0.25) is 0 Å². The lowest BCUT2D eigenvalue weighted by Gasteiger charge is -2.21. The van der Waals surface area contributed by atoms with Crippen LogP contribution in [0, 0.1) is 17.1 Å². The number of carbonyl (C=O) groups is 1. The van der Waals surface area contributed by atoms with E-state index in [9.17, 15) is 18.0 Å². The fraction of sp³-hybridized carbons (Fsp3) is 0.467. The maximum Gasteiger partial charge on any atom is 0.254 e. The van der Waals surface area contributed by atoms with Gasteiger partial charge in [0.2, 0.25) is 5.91 Å². The third-order valence-electron chi connectivity index (χ3n) is 3.56. The van der Waals surface area contributed by atoms with Gasteiger partial charge >= 0.3 is 0 Å². The summed E-state index contributed by atoms with van der Waals surface area (Å²) in [5.41, 5.74) is 4.84. The molecule has 118 valence electrons. The molecule has 1 amide bonds. The minimum Gasteiger partial charge on any atom is -0.336 e. The molecule has 1 aliphatic rings. The van der Waals surface area contributed by atoms with Crippen molar-refractivity contribution >= 4 is 5.91 Å². The summed E-state index contributed by atoms with van der Waals surface area (Å²) in [6.07, 6.45) is -0.447. The molecule has 1 aliphatic carbocycles. The SMILES string of the molecule is N#CC1(NC(=O)[C@@H](N)CC(F)(F)Cc2ccc(F)cc2)CC1. The molecule has 4 nitrogen and oxygen atoms in total. The van der Waals surface area contributed by atoms with Crippen LogP contribution >= 0.6 is 0 Å². The molecule has 0 spiro atoms. The van der Waals surface area contributed by atoms with E-state index in [1.54, 1.807) is 0 Å². The van der Waals surface area contributed by atoms with Gasteiger partial charge in [-0.15, -0.1) is 0 Å². The van der Waals surface area contributed by atoms with Crippen molar-refractivity contribution in [1.29, 1.82) is 5.26 Å². The van der Waals surface area contributed by atoms with Crippen molar-refractivity contribution in [3.05, 3.63) is 35.6 Å². The van der Waals surface area contributed by atoms with E-state index in [1.807, 2.05) is 6.07 Å². The molecule has 0 unspecified atom stereocenters. The van der Waals surface area contributed by atoms with Crippen molar-refractivity contribution in [1.82, 2.24) is 5.32 Å². The number of nitrogens with zero attached hydrogens (tertiary/aromatic N) is 1. The van der Waals surface area contributed by atoms with Crippen LogP contribution in [-0.4, -0.2) is 23.4 Å². The van der Waals surface area contributed by atoms with Gasteiger partial charge in [-0.05, 0) is 30.5 Å². The highest BCUT2D eigenvalue weighted by atomic mass is 19.3. The van der Waals surface area contributed by atoms with Gasteiger partial charge in [-0.3, -0.25) is 4.79 Å². The third-order valence-corrected chi connectivity index (χ3v) is 3.56. The monoisotopic (exact) mass is 311 g/mol. The van der Waals surface area contributed by atoms with Gasteiger partial charge in [0.1, 0.15) is 11.4 Å². The molecule has 1 atom stereocenters. The number of nitrogens with two attached hydrogens (primary N) is 1. The summed E-state index contributed by atoms with van der Waals surface area (Å²) >= 11 is 0. The Bertz CT molecular complexity index is 591. The van der Waals surface area contributed by atoms with Gasteiger partial charge < -0.3 is 11.1 Å². The summed E-state index contributed by atoms with van der Waals surface area (Å²) < 4.78 is 40.6. The van der Waals surface area contributed by atoms with Crippen LogP contribution < -0.4 is 11.1 Å². The number of rotatable bonds is 6. The lowest BCUT2D eigenvalue weighted by Crippen LogP contribution is -2.48. The zero-order valence-electron chi connectivity index (χ0n) is 11.8. The van der Waals surface area contributed by atoms with Crippen molar-refractivity contribution in [2.45, 2.75) is 43.2 Å². The van der Waals surface area contributed by atoms with E-state index in [1.165, 1.54) is 12.1 Å². The van der Waals surface area contributed by atoms with E-state index in [2.05, 4.69) is 5.32 Å². The zero-order chi connectivity index (χ0) is 16.4. The molecule has 0 radical (unpaired) electrons. The average molecular weight is 311 g/mol. The first-order valence-corrected chi connectivity index (χ1v) is 6.86. The van der Waals surface area contributed by atoms with E-state index in [0.29, 0.717) is 12.8 Å². The van der Waals surface area contributed by atoms with E-state index >= 15 is 0 Å². The molecule has 0 aliphatic heterocycles. The number of amides is 1. The van der Waals surface area contributed by atoms with Crippen molar-refractivity contribution in [2.24, 2.45) is 5.73 Å². The molecule has 2 rings (SSSR count). The molecule has 3 N–H and O–H groups in total. The lowest BCUT2D eigenvalue weighted by atomic mass is 10.0. The van der Waals surface area contributed by atoms with Crippen molar-refractivity contribution in [2.75, 3.05) is 0 Å². The molecule has 22 heavy (non-hydrogen) atoms. The smallest absolute Gasteiger partial charge is 0.254 e. The summed E-state index contributed by atoms with van der Waals surface area (Å²) in [6.45, 7) is 0. The van der Waals surface area contributed by atoms with Crippen molar-refractivity contribution < 1.29 is 18.0 Å². The van der Waals surface area contributed by atoms with Crippen LogP contribution in [-0.2, 0) is 11.2 Å². The standard InChI is InChI=1S/C15H16F3N3O/c16-11-3-1-10(2-4-11)7-15(17,18)8-12(20)13(22)21-14(9-19)5-6-14/h1-4,12H,5-8,20H2,(H,21,22)/t12-/m0/s1. The second kappa shape index (κ2) is 5.97. The Kier molecular flexibility index (Phi) is 4.42. The van der Waals surface area contributed by atoms with Crippen LogP contribution in [0.5, 0.6) is 0 Å². The molecular formula is C15H16F3N3O. The van der Waals surface area contributed by atoms with Gasteiger partial charge in [0, 0.05) is 12.8 Å². The number of hydrogen-bond donors (Lipinski definition) is 2. The maximum absolute atomic E-state index is 13.9. The van der Waals surface area contributed by atoms with E-state index in [4.69, 9.17) is 11.0 Å². The van der Waals surface area contributed by atoms with Crippen LogP contribution in [0.15, 0.2) is 24.3 Å². The average Bonchev–Trinajstić information content (AvgIpc) is 3.21. The van der Waals surface area contributed by atoms with E-state index in [0.717, 1.165) is 12.1 Å². The normalized spacial score (nSPS) is 17.4. The first-order chi connectivity index (χ1) is 10.3. The predicted octanol–water partition coefficient (Wildman–Crippen LogP) is 1.89. The number of halogens is 3. The molecule has 0 aromatic heterocycles. The number of nitriles is 1. The Morgan fingerprint density at radius 3 is 2.50 bits per heavy atom. The Balaban J connectivity index is 1.91. The summed E-state index contributed by atoms with van der Waals surface area (Å²) in [6, 6.07) is 5.27. The Morgan fingerprint density at radius 1 is 1.41 bits per heavy atom. The third kappa shape index (κ3) is 4.21. The lowest BCUT2D eigenvalue weighted by molar-refractivity contribution is -0.125. The quantitative estimate of drug-likeness (QED) is 0.842. The fourth-order valence-corrected chi connectivity index (χ4v) is 2.11. The molecule has 1 aromatic carbocycles. The van der Waals surface area contributed by atoms with Gasteiger partial charge in [0.15, 0.2) is 0 Å². The van der Waals surface area contributed by atoms with Crippen LogP contribution in [0.25, 0.3) is 0 Å². The number of benzene rings is 1. The summed E-state index contributed by atoms with van der Waals surface area (Å²) in [5.74, 6) is -4.45. The molecular weight excluding hydrogens is 295 g/mol. The maximum atomic E-state index is 13.9. The van der Waals surface area contributed by atoms with Crippen molar-refractivity contribution in [3.8, 4) is 6.07 Å². The Labute approximate surface area is 126 Å². The topological polar surface area (TPSA) is 78.9 Å². The minimum absolute atomic E-state index is 0.259. The number of carbonyl (C=O) groups excluding carboxylic acids is 1. The van der Waals surface area contributed by atoms with Crippen LogP contribution in [0.3, 0.4) is 0 Å². The molecule has 0 heterocycles. The molecule has 0 saturated heterocycles. The highest BCUT2D eigenvalue weighted by molar-refractivity contribution is 5.83. The fourth-order valence-electron chi connectivity index (χ4n) is 2.11. The molecule has 1 aromatic rings. The van der Waals surface area contributed by atoms with Crippen LogP contribution in [0.4, 0.5) is 13.2 Å².